The third-order valence-corrected chi connectivity index (χ3v) is 2.08. The number of rotatable bonds is 7. The molecular formula is C11H19NO3. The molecular weight excluding hydrogens is 194 g/mol. The van der Waals surface area contributed by atoms with Crippen molar-refractivity contribution in [3.8, 4) is 0 Å². The summed E-state index contributed by atoms with van der Waals surface area (Å²) >= 11 is 0. The van der Waals surface area contributed by atoms with Crippen LogP contribution in [0.3, 0.4) is 0 Å². The van der Waals surface area contributed by atoms with E-state index >= 15 is 0 Å². The molecule has 0 saturated carbocycles. The summed E-state index contributed by atoms with van der Waals surface area (Å²) < 4.78 is 4.69. The Morgan fingerprint density at radius 1 is 1.20 bits per heavy atom. The molecule has 0 bridgehead atoms. The first-order valence-corrected chi connectivity index (χ1v) is 5.19. The molecule has 0 amide bonds. The molecule has 0 atom stereocenters. The van der Waals surface area contributed by atoms with Crippen LogP contribution in [0.1, 0.15) is 27.2 Å². The Hall–Kier alpha value is -1.32. The Morgan fingerprint density at radius 2 is 1.73 bits per heavy atom. The summed E-state index contributed by atoms with van der Waals surface area (Å²) in [4.78, 5) is 24.4. The molecule has 0 N–H and O–H groups in total. The number of carbonyl (C=O) groups is 2. The van der Waals surface area contributed by atoms with Gasteiger partial charge in [0.05, 0.1) is 12.3 Å². The average Bonchev–Trinajstić information content (AvgIpc) is 2.19. The van der Waals surface area contributed by atoms with E-state index in [-0.39, 0.29) is 12.2 Å². The predicted octanol–water partition coefficient (Wildman–Crippen LogP) is 1.36. The molecule has 0 aliphatic rings. The van der Waals surface area contributed by atoms with Crippen LogP contribution in [0.25, 0.3) is 0 Å². The van der Waals surface area contributed by atoms with E-state index in [1.165, 1.54) is 0 Å². The minimum absolute atomic E-state index is 0.219. The zero-order valence-electron chi connectivity index (χ0n) is 9.71. The molecule has 0 fully saturated rings. The minimum Gasteiger partial charge on any atom is -0.466 e. The van der Waals surface area contributed by atoms with Crippen LogP contribution in [-0.4, -0.2) is 36.3 Å². The maximum atomic E-state index is 11.5. The van der Waals surface area contributed by atoms with Crippen molar-refractivity contribution in [1.82, 2.24) is 4.90 Å². The maximum Gasteiger partial charge on any atom is 0.313 e. The van der Waals surface area contributed by atoms with E-state index in [1.54, 1.807) is 6.92 Å². The summed E-state index contributed by atoms with van der Waals surface area (Å²) in [6.45, 7) is 11.0. The second-order valence-electron chi connectivity index (χ2n) is 3.02. The SMILES string of the molecule is C=C(C(=O)CC(=O)OCC)N(CC)CC. The lowest BCUT2D eigenvalue weighted by Gasteiger charge is -2.21. The summed E-state index contributed by atoms with van der Waals surface area (Å²) in [5.41, 5.74) is 0.382. The van der Waals surface area contributed by atoms with Gasteiger partial charge < -0.3 is 9.64 Å². The first-order chi connectivity index (χ1) is 7.06. The second-order valence-corrected chi connectivity index (χ2v) is 3.02. The molecule has 0 rings (SSSR count). The molecule has 15 heavy (non-hydrogen) atoms. The molecule has 4 heteroatoms. The van der Waals surface area contributed by atoms with E-state index in [0.29, 0.717) is 25.4 Å². The van der Waals surface area contributed by atoms with Crippen molar-refractivity contribution in [2.24, 2.45) is 0 Å². The monoisotopic (exact) mass is 213 g/mol. The predicted molar refractivity (Wildman–Crippen MR) is 58.3 cm³/mol. The molecule has 0 aromatic rings. The van der Waals surface area contributed by atoms with E-state index in [2.05, 4.69) is 6.58 Å². The van der Waals surface area contributed by atoms with Crippen LogP contribution in [-0.2, 0) is 14.3 Å². The van der Waals surface area contributed by atoms with Gasteiger partial charge in [0.2, 0.25) is 0 Å². The largest absolute Gasteiger partial charge is 0.466 e. The van der Waals surface area contributed by atoms with Crippen LogP contribution >= 0.6 is 0 Å². The lowest BCUT2D eigenvalue weighted by molar-refractivity contribution is -0.145. The van der Waals surface area contributed by atoms with Gasteiger partial charge in [-0.2, -0.15) is 0 Å². The summed E-state index contributed by atoms with van der Waals surface area (Å²) in [5.74, 6) is -0.757. The number of esters is 1. The highest BCUT2D eigenvalue weighted by atomic mass is 16.5. The highest BCUT2D eigenvalue weighted by molar-refractivity contribution is 6.04. The highest BCUT2D eigenvalue weighted by Gasteiger charge is 2.16. The molecule has 0 aliphatic heterocycles. The van der Waals surface area contributed by atoms with E-state index < -0.39 is 5.97 Å². The lowest BCUT2D eigenvalue weighted by atomic mass is 10.2. The fourth-order valence-corrected chi connectivity index (χ4v) is 1.23. The Balaban J connectivity index is 4.20. The maximum absolute atomic E-state index is 11.5. The summed E-state index contributed by atoms with van der Waals surface area (Å²) in [6, 6.07) is 0. The standard InChI is InChI=1S/C11H19NO3/c1-5-12(6-2)9(4)10(13)8-11(14)15-7-3/h4-8H2,1-3H3. The summed E-state index contributed by atoms with van der Waals surface area (Å²) in [7, 11) is 0. The molecule has 0 aromatic heterocycles. The van der Waals surface area contributed by atoms with Gasteiger partial charge in [0.25, 0.3) is 0 Å². The molecule has 0 aliphatic carbocycles. The van der Waals surface area contributed by atoms with E-state index in [9.17, 15) is 9.59 Å². The summed E-state index contributed by atoms with van der Waals surface area (Å²) in [5, 5.41) is 0. The van der Waals surface area contributed by atoms with Gasteiger partial charge in [-0.3, -0.25) is 9.59 Å². The lowest BCUT2D eigenvalue weighted by Crippen LogP contribution is -2.28. The number of likely N-dealkylation sites (N-methyl/N-ethyl adjacent to an activating group) is 1. The molecule has 0 spiro atoms. The first-order valence-electron chi connectivity index (χ1n) is 5.19. The fourth-order valence-electron chi connectivity index (χ4n) is 1.23. The van der Waals surface area contributed by atoms with Crippen molar-refractivity contribution in [2.45, 2.75) is 27.2 Å². The van der Waals surface area contributed by atoms with Crippen LogP contribution in [0.15, 0.2) is 12.3 Å². The van der Waals surface area contributed by atoms with Crippen molar-refractivity contribution in [3.05, 3.63) is 12.3 Å². The smallest absolute Gasteiger partial charge is 0.313 e. The highest BCUT2D eigenvalue weighted by Crippen LogP contribution is 2.05. The van der Waals surface area contributed by atoms with Crippen LogP contribution in [0.2, 0.25) is 0 Å². The zero-order valence-corrected chi connectivity index (χ0v) is 9.71. The Kier molecular flexibility index (Phi) is 6.42. The third-order valence-electron chi connectivity index (χ3n) is 2.08. The van der Waals surface area contributed by atoms with Crippen molar-refractivity contribution in [3.63, 3.8) is 0 Å². The minimum atomic E-state index is -0.490. The van der Waals surface area contributed by atoms with Gasteiger partial charge in [0, 0.05) is 13.1 Å². The van der Waals surface area contributed by atoms with Gasteiger partial charge in [-0.05, 0) is 20.8 Å². The molecule has 0 saturated heterocycles. The van der Waals surface area contributed by atoms with Gasteiger partial charge in [-0.1, -0.05) is 6.58 Å². The molecule has 0 unspecified atom stereocenters. The van der Waals surface area contributed by atoms with Crippen molar-refractivity contribution in [1.29, 1.82) is 0 Å². The van der Waals surface area contributed by atoms with Gasteiger partial charge >= 0.3 is 5.97 Å². The Bertz CT molecular complexity index is 244. The van der Waals surface area contributed by atoms with Crippen LogP contribution < -0.4 is 0 Å². The fraction of sp³-hybridized carbons (Fsp3) is 0.636. The normalized spacial score (nSPS) is 9.53. The number of hydrogen-bond donors (Lipinski definition) is 0. The third kappa shape index (κ3) is 4.63. The van der Waals surface area contributed by atoms with Crippen molar-refractivity contribution >= 4 is 11.8 Å². The van der Waals surface area contributed by atoms with Gasteiger partial charge in [-0.25, -0.2) is 0 Å². The van der Waals surface area contributed by atoms with Crippen LogP contribution in [0.5, 0.6) is 0 Å². The second kappa shape index (κ2) is 7.04. The number of hydrogen-bond acceptors (Lipinski definition) is 4. The van der Waals surface area contributed by atoms with Gasteiger partial charge in [-0.15, -0.1) is 0 Å². The number of Topliss-reactive ketones (excluding diaryl/α,β-unsaturated/α-hetero) is 1. The van der Waals surface area contributed by atoms with Crippen LogP contribution in [0.4, 0.5) is 0 Å². The van der Waals surface area contributed by atoms with Crippen molar-refractivity contribution in [2.75, 3.05) is 19.7 Å². The summed E-state index contributed by atoms with van der Waals surface area (Å²) in [6.07, 6.45) is -0.219. The molecule has 86 valence electrons. The number of nitrogens with zero attached hydrogens (tertiary/aromatic N) is 1. The number of ketones is 1. The molecule has 0 radical (unpaired) electrons. The van der Waals surface area contributed by atoms with Gasteiger partial charge in [0.15, 0.2) is 5.78 Å². The average molecular weight is 213 g/mol. The number of allylic oxidation sites excluding steroid dienone is 1. The number of ether oxygens (including phenoxy) is 1. The van der Waals surface area contributed by atoms with E-state index in [1.807, 2.05) is 18.7 Å². The Morgan fingerprint density at radius 3 is 2.13 bits per heavy atom. The van der Waals surface area contributed by atoms with Gasteiger partial charge in [0.1, 0.15) is 6.42 Å². The first kappa shape index (κ1) is 13.7. The number of carbonyl (C=O) groups excluding carboxylic acids is 2. The molecule has 4 nitrogen and oxygen atoms in total. The quantitative estimate of drug-likeness (QED) is 0.364. The topological polar surface area (TPSA) is 46.6 Å². The van der Waals surface area contributed by atoms with E-state index in [4.69, 9.17) is 4.74 Å². The van der Waals surface area contributed by atoms with Crippen molar-refractivity contribution < 1.29 is 14.3 Å². The van der Waals surface area contributed by atoms with E-state index in [0.717, 1.165) is 0 Å². The Labute approximate surface area is 90.9 Å². The zero-order chi connectivity index (χ0) is 11.8. The van der Waals surface area contributed by atoms with Crippen LogP contribution in [0, 0.1) is 0 Å². The molecule has 0 heterocycles. The molecule has 0 aromatic carbocycles.